The van der Waals surface area contributed by atoms with Gasteiger partial charge >= 0.3 is 0 Å². The van der Waals surface area contributed by atoms with Crippen molar-refractivity contribution in [2.24, 2.45) is 0 Å². The van der Waals surface area contributed by atoms with Crippen molar-refractivity contribution < 1.29 is 14.3 Å². The number of carbonyl (C=O) groups is 2. The average molecular weight is 265 g/mol. The predicted octanol–water partition coefficient (Wildman–Crippen LogP) is 0.382. The first-order valence-electron chi connectivity index (χ1n) is 6.53. The Morgan fingerprint density at radius 2 is 2.21 bits per heavy atom. The number of aromatic nitrogens is 1. The lowest BCUT2D eigenvalue weighted by Gasteiger charge is -2.30. The van der Waals surface area contributed by atoms with Crippen molar-refractivity contribution in [1.29, 1.82) is 0 Å². The Bertz CT molecular complexity index is 424. The zero-order chi connectivity index (χ0) is 13.7. The Kier molecular flexibility index (Phi) is 4.57. The summed E-state index contributed by atoms with van der Waals surface area (Å²) >= 11 is 0. The number of amides is 2. The second-order valence-electron chi connectivity index (χ2n) is 4.46. The second kappa shape index (κ2) is 6.38. The van der Waals surface area contributed by atoms with Gasteiger partial charge in [0, 0.05) is 19.3 Å². The van der Waals surface area contributed by atoms with Gasteiger partial charge in [-0.15, -0.1) is 0 Å². The van der Waals surface area contributed by atoms with Crippen LogP contribution in [0.5, 0.6) is 0 Å². The molecule has 2 rings (SSSR count). The van der Waals surface area contributed by atoms with E-state index in [9.17, 15) is 9.59 Å². The molecule has 2 N–H and O–H groups in total. The summed E-state index contributed by atoms with van der Waals surface area (Å²) in [7, 11) is 0. The van der Waals surface area contributed by atoms with Crippen LogP contribution in [0.2, 0.25) is 0 Å². The molecule has 1 aliphatic rings. The van der Waals surface area contributed by atoms with E-state index in [0.717, 1.165) is 0 Å². The number of nitrogens with zero attached hydrogens (tertiary/aromatic N) is 1. The first kappa shape index (κ1) is 13.6. The predicted molar refractivity (Wildman–Crippen MR) is 69.7 cm³/mol. The number of rotatable bonds is 4. The molecule has 1 aromatic heterocycles. The number of hydrogen-bond donors (Lipinski definition) is 2. The molecule has 0 spiro atoms. The molecule has 2 amide bonds. The maximum Gasteiger partial charge on any atom is 0.268 e. The van der Waals surface area contributed by atoms with Crippen LogP contribution < -0.4 is 5.32 Å². The van der Waals surface area contributed by atoms with Gasteiger partial charge in [0.25, 0.3) is 5.91 Å². The Morgan fingerprint density at radius 1 is 1.47 bits per heavy atom. The summed E-state index contributed by atoms with van der Waals surface area (Å²) in [5.41, 5.74) is 0.466. The third-order valence-electron chi connectivity index (χ3n) is 3.18. The molecule has 1 aromatic rings. The van der Waals surface area contributed by atoms with Crippen LogP contribution in [0.4, 0.5) is 0 Å². The smallest absolute Gasteiger partial charge is 0.268 e. The summed E-state index contributed by atoms with van der Waals surface area (Å²) < 4.78 is 5.22. The minimum Gasteiger partial charge on any atom is -0.378 e. The maximum atomic E-state index is 12.3. The summed E-state index contributed by atoms with van der Waals surface area (Å²) in [6, 6.07) is 2.95. The molecule has 0 bridgehead atoms. The highest BCUT2D eigenvalue weighted by Gasteiger charge is 2.26. The van der Waals surface area contributed by atoms with Crippen molar-refractivity contribution in [3.63, 3.8) is 0 Å². The lowest BCUT2D eigenvalue weighted by molar-refractivity contribution is -0.137. The van der Waals surface area contributed by atoms with E-state index in [1.807, 2.05) is 6.92 Å². The van der Waals surface area contributed by atoms with Gasteiger partial charge in [-0.1, -0.05) is 6.92 Å². The van der Waals surface area contributed by atoms with Gasteiger partial charge in [-0.2, -0.15) is 0 Å². The van der Waals surface area contributed by atoms with Crippen molar-refractivity contribution in [2.75, 3.05) is 26.3 Å². The van der Waals surface area contributed by atoms with Crippen LogP contribution in [0, 0.1) is 0 Å². The first-order chi connectivity index (χ1) is 9.22. The average Bonchev–Trinajstić information content (AvgIpc) is 2.99. The second-order valence-corrected chi connectivity index (χ2v) is 4.46. The summed E-state index contributed by atoms with van der Waals surface area (Å²) in [5, 5.41) is 2.76. The monoisotopic (exact) mass is 265 g/mol. The summed E-state index contributed by atoms with van der Waals surface area (Å²) in [6.45, 7) is 4.19. The van der Waals surface area contributed by atoms with Gasteiger partial charge in [0.05, 0.1) is 13.2 Å². The number of ether oxygens (including phenoxy) is 1. The van der Waals surface area contributed by atoms with Crippen LogP contribution in [0.3, 0.4) is 0 Å². The fourth-order valence-electron chi connectivity index (χ4n) is 2.05. The maximum absolute atomic E-state index is 12.3. The molecule has 1 aliphatic heterocycles. The lowest BCUT2D eigenvalue weighted by Crippen LogP contribution is -2.51. The van der Waals surface area contributed by atoms with Crippen molar-refractivity contribution in [3.05, 3.63) is 24.0 Å². The van der Waals surface area contributed by atoms with E-state index in [-0.39, 0.29) is 11.8 Å². The van der Waals surface area contributed by atoms with Crippen LogP contribution in [-0.2, 0) is 9.53 Å². The Morgan fingerprint density at radius 3 is 2.79 bits per heavy atom. The van der Waals surface area contributed by atoms with E-state index in [4.69, 9.17) is 4.74 Å². The third-order valence-corrected chi connectivity index (χ3v) is 3.18. The highest BCUT2D eigenvalue weighted by Crippen LogP contribution is 2.05. The number of nitrogens with one attached hydrogen (secondary N) is 2. The normalized spacial score (nSPS) is 17.0. The molecular formula is C13H19N3O3. The van der Waals surface area contributed by atoms with Crippen molar-refractivity contribution >= 4 is 11.8 Å². The van der Waals surface area contributed by atoms with Crippen LogP contribution in [0.25, 0.3) is 0 Å². The summed E-state index contributed by atoms with van der Waals surface area (Å²) in [5.74, 6) is -0.288. The van der Waals surface area contributed by atoms with E-state index >= 15 is 0 Å². The molecule has 1 fully saturated rings. The van der Waals surface area contributed by atoms with Gasteiger partial charge in [-0.05, 0) is 18.6 Å². The van der Waals surface area contributed by atoms with Crippen molar-refractivity contribution in [1.82, 2.24) is 15.2 Å². The van der Waals surface area contributed by atoms with E-state index in [1.54, 1.807) is 23.2 Å². The Labute approximate surface area is 112 Å². The molecule has 104 valence electrons. The zero-order valence-corrected chi connectivity index (χ0v) is 11.0. The van der Waals surface area contributed by atoms with E-state index in [0.29, 0.717) is 38.4 Å². The zero-order valence-electron chi connectivity index (χ0n) is 11.0. The van der Waals surface area contributed by atoms with E-state index in [1.165, 1.54) is 0 Å². The minimum absolute atomic E-state index is 0.0364. The molecule has 1 saturated heterocycles. The third kappa shape index (κ3) is 3.35. The van der Waals surface area contributed by atoms with Gasteiger partial charge in [0.15, 0.2) is 0 Å². The largest absolute Gasteiger partial charge is 0.378 e. The lowest BCUT2D eigenvalue weighted by atomic mass is 10.1. The molecule has 6 nitrogen and oxygen atoms in total. The quantitative estimate of drug-likeness (QED) is 0.826. The molecule has 0 radical (unpaired) electrons. The van der Waals surface area contributed by atoms with Crippen molar-refractivity contribution in [3.8, 4) is 0 Å². The molecular weight excluding hydrogens is 246 g/mol. The molecule has 2 heterocycles. The molecule has 19 heavy (non-hydrogen) atoms. The number of hydrogen-bond acceptors (Lipinski definition) is 3. The Balaban J connectivity index is 1.95. The van der Waals surface area contributed by atoms with Gasteiger partial charge < -0.3 is 19.9 Å². The fourth-order valence-corrected chi connectivity index (χ4v) is 2.05. The van der Waals surface area contributed by atoms with Crippen LogP contribution in [0.1, 0.15) is 23.8 Å². The molecule has 1 unspecified atom stereocenters. The van der Waals surface area contributed by atoms with Crippen molar-refractivity contribution in [2.45, 2.75) is 19.4 Å². The number of morpholine rings is 1. The standard InChI is InChI=1S/C13H19N3O3/c1-2-10(13(18)16-6-8-19-9-7-16)15-12(17)11-4-3-5-14-11/h3-5,10,14H,2,6-9H2,1H3,(H,15,17). The fraction of sp³-hybridized carbons (Fsp3) is 0.538. The highest BCUT2D eigenvalue weighted by atomic mass is 16.5. The SMILES string of the molecule is CCC(NC(=O)c1ccc[nH]1)C(=O)N1CCOCC1. The minimum atomic E-state index is -0.478. The summed E-state index contributed by atoms with van der Waals surface area (Å²) in [6.07, 6.45) is 2.25. The number of aromatic amines is 1. The van der Waals surface area contributed by atoms with Gasteiger partial charge in [-0.25, -0.2) is 0 Å². The van der Waals surface area contributed by atoms with Crippen LogP contribution in [0.15, 0.2) is 18.3 Å². The van der Waals surface area contributed by atoms with Gasteiger partial charge in [0.2, 0.25) is 5.91 Å². The highest BCUT2D eigenvalue weighted by molar-refractivity contribution is 5.96. The Hall–Kier alpha value is -1.82. The molecule has 0 aromatic carbocycles. The van der Waals surface area contributed by atoms with Gasteiger partial charge in [-0.3, -0.25) is 9.59 Å². The topological polar surface area (TPSA) is 74.4 Å². The summed E-state index contributed by atoms with van der Waals surface area (Å²) in [4.78, 5) is 28.8. The number of carbonyl (C=O) groups excluding carboxylic acids is 2. The van der Waals surface area contributed by atoms with E-state index in [2.05, 4.69) is 10.3 Å². The van der Waals surface area contributed by atoms with Crippen LogP contribution in [-0.4, -0.2) is 54.0 Å². The molecule has 1 atom stereocenters. The van der Waals surface area contributed by atoms with Crippen LogP contribution >= 0.6 is 0 Å². The van der Waals surface area contributed by atoms with E-state index < -0.39 is 6.04 Å². The number of H-pyrrole nitrogens is 1. The first-order valence-corrected chi connectivity index (χ1v) is 6.53. The molecule has 6 heteroatoms. The molecule has 0 aliphatic carbocycles. The van der Waals surface area contributed by atoms with Gasteiger partial charge in [0.1, 0.15) is 11.7 Å². The molecule has 0 saturated carbocycles.